The van der Waals surface area contributed by atoms with Gasteiger partial charge < -0.3 is 20.1 Å². The zero-order valence-corrected chi connectivity index (χ0v) is 16.8. The quantitative estimate of drug-likeness (QED) is 0.565. The molecule has 29 heavy (non-hydrogen) atoms. The van der Waals surface area contributed by atoms with E-state index in [1.807, 2.05) is 31.2 Å². The highest BCUT2D eigenvalue weighted by atomic mass is 19.1. The predicted octanol–water partition coefficient (Wildman–Crippen LogP) is 4.21. The molecule has 0 radical (unpaired) electrons. The molecule has 7 heteroatoms. The second-order valence-corrected chi connectivity index (χ2v) is 6.56. The molecule has 1 aromatic heterocycles. The molecule has 0 saturated heterocycles. The van der Waals surface area contributed by atoms with Gasteiger partial charge in [-0.05, 0) is 48.7 Å². The Morgan fingerprint density at radius 2 is 1.59 bits per heavy atom. The molecule has 2 aromatic carbocycles. The molecule has 2 N–H and O–H groups in total. The molecule has 3 rings (SSSR count). The fourth-order valence-electron chi connectivity index (χ4n) is 2.90. The number of rotatable bonds is 9. The third-order valence-electron chi connectivity index (χ3n) is 4.39. The molecule has 0 atom stereocenters. The number of aryl methyl sites for hydroxylation is 1. The lowest BCUT2D eigenvalue weighted by Gasteiger charge is -2.12. The van der Waals surface area contributed by atoms with Crippen LogP contribution in [0.5, 0.6) is 11.5 Å². The number of ether oxygens (including phenoxy) is 2. The van der Waals surface area contributed by atoms with Crippen molar-refractivity contribution in [1.29, 1.82) is 0 Å². The van der Waals surface area contributed by atoms with Gasteiger partial charge in [0, 0.05) is 24.8 Å². The van der Waals surface area contributed by atoms with E-state index >= 15 is 0 Å². The molecule has 0 amide bonds. The van der Waals surface area contributed by atoms with Crippen molar-refractivity contribution in [2.75, 3.05) is 31.4 Å². The Balaban J connectivity index is 1.59. The normalized spacial score (nSPS) is 10.5. The summed E-state index contributed by atoms with van der Waals surface area (Å²) in [6.45, 7) is 3.17. The minimum absolute atomic E-state index is 0.224. The fraction of sp³-hybridized carbons (Fsp3) is 0.273. The zero-order valence-electron chi connectivity index (χ0n) is 16.8. The second kappa shape index (κ2) is 9.73. The van der Waals surface area contributed by atoms with Gasteiger partial charge in [0.15, 0.2) is 11.5 Å². The van der Waals surface area contributed by atoms with Crippen molar-refractivity contribution in [2.24, 2.45) is 0 Å². The van der Waals surface area contributed by atoms with Gasteiger partial charge in [0.2, 0.25) is 5.95 Å². The van der Waals surface area contributed by atoms with E-state index in [0.717, 1.165) is 29.1 Å². The average Bonchev–Trinajstić information content (AvgIpc) is 2.73. The number of anilines is 2. The molecule has 1 heterocycles. The van der Waals surface area contributed by atoms with Crippen molar-refractivity contribution in [3.05, 3.63) is 71.2 Å². The summed E-state index contributed by atoms with van der Waals surface area (Å²) in [5.41, 5.74) is 2.95. The molecule has 0 fully saturated rings. The molecule has 3 aromatic rings. The fourth-order valence-corrected chi connectivity index (χ4v) is 2.90. The van der Waals surface area contributed by atoms with Crippen LogP contribution in [0.3, 0.4) is 0 Å². The van der Waals surface area contributed by atoms with Gasteiger partial charge in [-0.3, -0.25) is 0 Å². The Labute approximate surface area is 170 Å². The van der Waals surface area contributed by atoms with Crippen LogP contribution in [0.15, 0.2) is 48.5 Å². The minimum atomic E-state index is -0.224. The maximum Gasteiger partial charge on any atom is 0.225 e. The van der Waals surface area contributed by atoms with Crippen molar-refractivity contribution in [2.45, 2.75) is 19.9 Å². The third-order valence-corrected chi connectivity index (χ3v) is 4.39. The zero-order chi connectivity index (χ0) is 20.6. The van der Waals surface area contributed by atoms with Crippen LogP contribution in [0.2, 0.25) is 0 Å². The van der Waals surface area contributed by atoms with E-state index in [-0.39, 0.29) is 5.82 Å². The van der Waals surface area contributed by atoms with E-state index in [1.54, 1.807) is 26.4 Å². The van der Waals surface area contributed by atoms with E-state index in [9.17, 15) is 4.39 Å². The molecular weight excluding hydrogens is 371 g/mol. The molecule has 0 saturated carbocycles. The maximum absolute atomic E-state index is 13.0. The van der Waals surface area contributed by atoms with Crippen molar-refractivity contribution < 1.29 is 13.9 Å². The van der Waals surface area contributed by atoms with E-state index in [2.05, 4.69) is 20.6 Å². The number of hydrogen-bond acceptors (Lipinski definition) is 6. The number of nitrogens with zero attached hydrogens (tertiary/aromatic N) is 2. The Morgan fingerprint density at radius 1 is 0.862 bits per heavy atom. The van der Waals surface area contributed by atoms with Gasteiger partial charge in [-0.15, -0.1) is 0 Å². The van der Waals surface area contributed by atoms with Crippen LogP contribution in [0.1, 0.15) is 16.8 Å². The molecular formula is C22H25FN4O2. The van der Waals surface area contributed by atoms with Gasteiger partial charge in [-0.1, -0.05) is 18.2 Å². The summed E-state index contributed by atoms with van der Waals surface area (Å²) in [7, 11) is 3.23. The highest BCUT2D eigenvalue weighted by Crippen LogP contribution is 2.27. The van der Waals surface area contributed by atoms with E-state index in [4.69, 9.17) is 9.47 Å². The summed E-state index contributed by atoms with van der Waals surface area (Å²) in [6, 6.07) is 14.2. The SMILES string of the molecule is COc1ccc(CNc2nc(C)cc(NCCc3ccc(F)cc3)n2)cc1OC. The predicted molar refractivity (Wildman–Crippen MR) is 112 cm³/mol. The lowest BCUT2D eigenvalue weighted by atomic mass is 10.1. The largest absolute Gasteiger partial charge is 0.493 e. The number of hydrogen-bond donors (Lipinski definition) is 2. The Morgan fingerprint density at radius 3 is 2.31 bits per heavy atom. The smallest absolute Gasteiger partial charge is 0.225 e. The number of nitrogens with one attached hydrogen (secondary N) is 2. The second-order valence-electron chi connectivity index (χ2n) is 6.56. The molecule has 0 aliphatic heterocycles. The summed E-state index contributed by atoms with van der Waals surface area (Å²) in [5, 5.41) is 6.54. The summed E-state index contributed by atoms with van der Waals surface area (Å²) < 4.78 is 23.6. The lowest BCUT2D eigenvalue weighted by Crippen LogP contribution is -2.10. The van der Waals surface area contributed by atoms with Crippen LogP contribution < -0.4 is 20.1 Å². The molecule has 0 unspecified atom stereocenters. The van der Waals surface area contributed by atoms with Crippen LogP contribution >= 0.6 is 0 Å². The van der Waals surface area contributed by atoms with Crippen LogP contribution in [0.4, 0.5) is 16.2 Å². The van der Waals surface area contributed by atoms with Crippen LogP contribution in [0.25, 0.3) is 0 Å². The molecule has 152 valence electrons. The summed E-state index contributed by atoms with van der Waals surface area (Å²) in [6.07, 6.45) is 0.776. The molecule has 6 nitrogen and oxygen atoms in total. The lowest BCUT2D eigenvalue weighted by molar-refractivity contribution is 0.354. The first-order valence-electron chi connectivity index (χ1n) is 9.36. The van der Waals surface area contributed by atoms with Gasteiger partial charge in [0.05, 0.1) is 14.2 Å². The topological polar surface area (TPSA) is 68.3 Å². The Hall–Kier alpha value is -3.35. The van der Waals surface area contributed by atoms with Gasteiger partial charge >= 0.3 is 0 Å². The number of halogens is 1. The van der Waals surface area contributed by atoms with Gasteiger partial charge in [-0.25, -0.2) is 9.37 Å². The molecule has 0 aliphatic rings. The summed E-state index contributed by atoms with van der Waals surface area (Å²) in [5.74, 6) is 2.44. The standard InChI is InChI=1S/C22H25FN4O2/c1-15-12-21(24-11-10-16-4-7-18(23)8-5-16)27-22(26-15)25-14-17-6-9-19(28-2)20(13-17)29-3/h4-9,12-13H,10-11,14H2,1-3H3,(H2,24,25,26,27). The number of methoxy groups -OCH3 is 2. The molecule has 0 bridgehead atoms. The first-order chi connectivity index (χ1) is 14.1. The number of benzene rings is 2. The first kappa shape index (κ1) is 20.4. The Kier molecular flexibility index (Phi) is 6.84. The highest BCUT2D eigenvalue weighted by molar-refractivity contribution is 5.45. The van der Waals surface area contributed by atoms with Crippen LogP contribution in [-0.2, 0) is 13.0 Å². The first-order valence-corrected chi connectivity index (χ1v) is 9.36. The Bertz CT molecular complexity index is 948. The maximum atomic E-state index is 13.0. The number of aromatic nitrogens is 2. The monoisotopic (exact) mass is 396 g/mol. The molecule has 0 spiro atoms. The van der Waals surface area contributed by atoms with Crippen LogP contribution in [-0.4, -0.2) is 30.7 Å². The van der Waals surface area contributed by atoms with E-state index in [1.165, 1.54) is 12.1 Å². The van der Waals surface area contributed by atoms with Crippen LogP contribution in [0, 0.1) is 12.7 Å². The molecule has 0 aliphatic carbocycles. The summed E-state index contributed by atoms with van der Waals surface area (Å²) in [4.78, 5) is 8.96. The van der Waals surface area contributed by atoms with Gasteiger partial charge in [-0.2, -0.15) is 4.98 Å². The van der Waals surface area contributed by atoms with Crippen molar-refractivity contribution in [3.63, 3.8) is 0 Å². The van der Waals surface area contributed by atoms with Gasteiger partial charge in [0.1, 0.15) is 11.6 Å². The van der Waals surface area contributed by atoms with Crippen molar-refractivity contribution in [1.82, 2.24) is 9.97 Å². The van der Waals surface area contributed by atoms with E-state index in [0.29, 0.717) is 30.5 Å². The van der Waals surface area contributed by atoms with Crippen molar-refractivity contribution >= 4 is 11.8 Å². The average molecular weight is 396 g/mol. The minimum Gasteiger partial charge on any atom is -0.493 e. The summed E-state index contributed by atoms with van der Waals surface area (Å²) >= 11 is 0. The van der Waals surface area contributed by atoms with Gasteiger partial charge in [0.25, 0.3) is 0 Å². The third kappa shape index (κ3) is 5.81. The highest BCUT2D eigenvalue weighted by Gasteiger charge is 2.06. The van der Waals surface area contributed by atoms with E-state index < -0.39 is 0 Å². The van der Waals surface area contributed by atoms with Crippen molar-refractivity contribution in [3.8, 4) is 11.5 Å².